The van der Waals surface area contributed by atoms with Gasteiger partial charge in [0.1, 0.15) is 0 Å². The summed E-state index contributed by atoms with van der Waals surface area (Å²) in [7, 11) is 0. The van der Waals surface area contributed by atoms with Gasteiger partial charge in [-0.3, -0.25) is 0 Å². The van der Waals surface area contributed by atoms with Crippen molar-refractivity contribution in [2.24, 2.45) is 0 Å². The lowest BCUT2D eigenvalue weighted by molar-refractivity contribution is 0.534. The van der Waals surface area contributed by atoms with E-state index in [1.165, 1.54) is 11.3 Å². The van der Waals surface area contributed by atoms with Crippen molar-refractivity contribution in [3.63, 3.8) is 0 Å². The zero-order chi connectivity index (χ0) is 13.0. The summed E-state index contributed by atoms with van der Waals surface area (Å²) in [6.45, 7) is 7.34. The van der Waals surface area contributed by atoms with Gasteiger partial charge in [0.05, 0.1) is 11.4 Å². The van der Waals surface area contributed by atoms with Gasteiger partial charge in [0.2, 0.25) is 0 Å². The Morgan fingerprint density at radius 1 is 1.22 bits per heavy atom. The highest BCUT2D eigenvalue weighted by molar-refractivity contribution is 5.42. The summed E-state index contributed by atoms with van der Waals surface area (Å²) >= 11 is 0. The Labute approximate surface area is 109 Å². The van der Waals surface area contributed by atoms with Crippen molar-refractivity contribution in [3.05, 3.63) is 47.8 Å². The fourth-order valence-electron chi connectivity index (χ4n) is 2.26. The minimum Gasteiger partial charge on any atom is -0.310 e. The van der Waals surface area contributed by atoms with Crippen molar-refractivity contribution in [2.75, 3.05) is 6.54 Å². The number of nitrogens with zero attached hydrogens (tertiary/aromatic N) is 2. The second-order valence-corrected chi connectivity index (χ2v) is 4.48. The minimum atomic E-state index is 0.385. The number of hydrogen-bond acceptors (Lipinski definition) is 2. The summed E-state index contributed by atoms with van der Waals surface area (Å²) in [6.07, 6.45) is 3.10. The molecule has 0 amide bonds. The van der Waals surface area contributed by atoms with Crippen LogP contribution in [0.2, 0.25) is 0 Å². The van der Waals surface area contributed by atoms with Crippen LogP contribution in [0.25, 0.3) is 5.69 Å². The van der Waals surface area contributed by atoms with E-state index in [0.29, 0.717) is 6.04 Å². The van der Waals surface area contributed by atoms with Crippen LogP contribution >= 0.6 is 0 Å². The van der Waals surface area contributed by atoms with E-state index in [0.717, 1.165) is 18.7 Å². The van der Waals surface area contributed by atoms with Gasteiger partial charge in [0, 0.05) is 12.2 Å². The van der Waals surface area contributed by atoms with Crippen molar-refractivity contribution in [2.45, 2.75) is 33.2 Å². The van der Waals surface area contributed by atoms with Crippen LogP contribution in [0.1, 0.15) is 37.6 Å². The van der Waals surface area contributed by atoms with E-state index in [4.69, 9.17) is 0 Å². The van der Waals surface area contributed by atoms with Crippen LogP contribution < -0.4 is 5.32 Å². The van der Waals surface area contributed by atoms with Crippen LogP contribution in [0.3, 0.4) is 0 Å². The quantitative estimate of drug-likeness (QED) is 0.873. The average Bonchev–Trinajstić information content (AvgIpc) is 2.82. The molecule has 0 radical (unpaired) electrons. The molecule has 2 aromatic rings. The summed E-state index contributed by atoms with van der Waals surface area (Å²) in [5.41, 5.74) is 3.52. The summed E-state index contributed by atoms with van der Waals surface area (Å²) in [4.78, 5) is 0. The van der Waals surface area contributed by atoms with E-state index in [-0.39, 0.29) is 0 Å². The molecule has 96 valence electrons. The Morgan fingerprint density at radius 2 is 2.00 bits per heavy atom. The second-order valence-electron chi connectivity index (χ2n) is 4.48. The highest BCUT2D eigenvalue weighted by atomic mass is 15.3. The molecule has 3 heteroatoms. The molecule has 1 aromatic heterocycles. The number of benzene rings is 1. The molecular weight excluding hydrogens is 222 g/mol. The van der Waals surface area contributed by atoms with E-state index in [9.17, 15) is 0 Å². The standard InChI is InChI=1S/C15H21N3/c1-4-14(16-5-2)13-8-6-7-9-15(13)18-11-10-12(3)17-18/h6-11,14,16H,4-5H2,1-3H3. The van der Waals surface area contributed by atoms with Gasteiger partial charge in [-0.05, 0) is 37.6 Å². The lowest BCUT2D eigenvalue weighted by Crippen LogP contribution is -2.21. The van der Waals surface area contributed by atoms with Gasteiger partial charge in [0.15, 0.2) is 0 Å². The Balaban J connectivity index is 2.41. The highest BCUT2D eigenvalue weighted by Gasteiger charge is 2.13. The fraction of sp³-hybridized carbons (Fsp3) is 0.400. The van der Waals surface area contributed by atoms with Crippen LogP contribution in [-0.4, -0.2) is 16.3 Å². The maximum Gasteiger partial charge on any atom is 0.0693 e. The van der Waals surface area contributed by atoms with Crippen molar-refractivity contribution in [3.8, 4) is 5.69 Å². The molecule has 0 aliphatic rings. The maximum absolute atomic E-state index is 4.51. The van der Waals surface area contributed by atoms with Gasteiger partial charge < -0.3 is 5.32 Å². The Kier molecular flexibility index (Phi) is 4.15. The number of para-hydroxylation sites is 1. The van der Waals surface area contributed by atoms with E-state index >= 15 is 0 Å². The molecule has 1 atom stereocenters. The zero-order valence-corrected chi connectivity index (χ0v) is 11.4. The van der Waals surface area contributed by atoms with Gasteiger partial charge in [-0.15, -0.1) is 0 Å². The van der Waals surface area contributed by atoms with Gasteiger partial charge in [0.25, 0.3) is 0 Å². The first-order chi connectivity index (χ1) is 8.76. The summed E-state index contributed by atoms with van der Waals surface area (Å²) < 4.78 is 1.96. The molecule has 0 saturated heterocycles. The smallest absolute Gasteiger partial charge is 0.0693 e. The molecule has 0 fully saturated rings. The Bertz CT molecular complexity index is 502. The molecule has 18 heavy (non-hydrogen) atoms. The van der Waals surface area contributed by atoms with Crippen molar-refractivity contribution >= 4 is 0 Å². The summed E-state index contributed by atoms with van der Waals surface area (Å²) in [5, 5.41) is 8.03. The molecule has 1 heterocycles. The average molecular weight is 243 g/mol. The predicted octanol–water partition coefficient (Wildman–Crippen LogP) is 3.24. The van der Waals surface area contributed by atoms with E-state index < -0.39 is 0 Å². The zero-order valence-electron chi connectivity index (χ0n) is 11.4. The highest BCUT2D eigenvalue weighted by Crippen LogP contribution is 2.23. The largest absolute Gasteiger partial charge is 0.310 e. The van der Waals surface area contributed by atoms with Crippen molar-refractivity contribution < 1.29 is 0 Å². The number of nitrogens with one attached hydrogen (secondary N) is 1. The van der Waals surface area contributed by atoms with Crippen LogP contribution in [0.5, 0.6) is 0 Å². The molecule has 0 spiro atoms. The molecule has 1 unspecified atom stereocenters. The minimum absolute atomic E-state index is 0.385. The third kappa shape index (κ3) is 2.62. The summed E-state index contributed by atoms with van der Waals surface area (Å²) in [6, 6.07) is 10.9. The molecule has 0 aliphatic heterocycles. The lowest BCUT2D eigenvalue weighted by Gasteiger charge is -2.19. The maximum atomic E-state index is 4.51. The molecule has 0 aliphatic carbocycles. The van der Waals surface area contributed by atoms with Crippen LogP contribution in [-0.2, 0) is 0 Å². The monoisotopic (exact) mass is 243 g/mol. The molecular formula is C15H21N3. The first-order valence-corrected chi connectivity index (χ1v) is 6.61. The molecule has 0 saturated carbocycles. The number of hydrogen-bond donors (Lipinski definition) is 1. The molecule has 2 rings (SSSR count). The molecule has 1 N–H and O–H groups in total. The number of aryl methyl sites for hydroxylation is 1. The van der Waals surface area contributed by atoms with Crippen LogP contribution in [0, 0.1) is 6.92 Å². The first kappa shape index (κ1) is 12.8. The van der Waals surface area contributed by atoms with Gasteiger partial charge in [-0.1, -0.05) is 32.0 Å². The fourth-order valence-corrected chi connectivity index (χ4v) is 2.26. The SMILES string of the molecule is CCNC(CC)c1ccccc1-n1ccc(C)n1. The number of rotatable bonds is 5. The third-order valence-corrected chi connectivity index (χ3v) is 3.14. The molecule has 1 aromatic carbocycles. The third-order valence-electron chi connectivity index (χ3n) is 3.14. The molecule has 0 bridgehead atoms. The summed E-state index contributed by atoms with van der Waals surface area (Å²) in [5.74, 6) is 0. The van der Waals surface area contributed by atoms with E-state index in [1.807, 2.05) is 23.9 Å². The normalized spacial score (nSPS) is 12.6. The topological polar surface area (TPSA) is 29.9 Å². The second kappa shape index (κ2) is 5.83. The van der Waals surface area contributed by atoms with Crippen LogP contribution in [0.4, 0.5) is 0 Å². The van der Waals surface area contributed by atoms with Crippen LogP contribution in [0.15, 0.2) is 36.5 Å². The number of aromatic nitrogens is 2. The van der Waals surface area contributed by atoms with E-state index in [1.54, 1.807) is 0 Å². The molecule has 3 nitrogen and oxygen atoms in total. The van der Waals surface area contributed by atoms with Gasteiger partial charge in [-0.25, -0.2) is 4.68 Å². The van der Waals surface area contributed by atoms with Gasteiger partial charge in [-0.2, -0.15) is 5.10 Å². The Hall–Kier alpha value is -1.61. The first-order valence-electron chi connectivity index (χ1n) is 6.61. The van der Waals surface area contributed by atoms with Crippen molar-refractivity contribution in [1.82, 2.24) is 15.1 Å². The Morgan fingerprint density at radius 3 is 2.61 bits per heavy atom. The lowest BCUT2D eigenvalue weighted by atomic mass is 10.0. The van der Waals surface area contributed by atoms with Crippen molar-refractivity contribution in [1.29, 1.82) is 0 Å². The van der Waals surface area contributed by atoms with Gasteiger partial charge >= 0.3 is 0 Å². The van der Waals surface area contributed by atoms with E-state index in [2.05, 4.69) is 48.5 Å². The predicted molar refractivity (Wildman–Crippen MR) is 75.0 cm³/mol.